The summed E-state index contributed by atoms with van der Waals surface area (Å²) >= 11 is 3.45. The van der Waals surface area contributed by atoms with E-state index in [2.05, 4.69) is 25.8 Å². The summed E-state index contributed by atoms with van der Waals surface area (Å²) in [6, 6.07) is 2.47. The molecule has 0 radical (unpaired) electrons. The lowest BCUT2D eigenvalue weighted by atomic mass is 10.3. The molecule has 92 valence electrons. The summed E-state index contributed by atoms with van der Waals surface area (Å²) in [6.45, 7) is 0.816. The molecule has 1 N–H and O–H groups in total. The van der Waals surface area contributed by atoms with E-state index in [4.69, 9.17) is 0 Å². The number of amides is 1. The Balaban J connectivity index is 1.62. The van der Waals surface area contributed by atoms with Crippen molar-refractivity contribution in [3.05, 3.63) is 22.4 Å². The highest BCUT2D eigenvalue weighted by atomic mass is 79.9. The standard InChI is InChI=1S/C13H17BrN2O/c14-10-7-12(16(8-10)11-3-4-11)13(17)15-6-5-9-1-2-9/h7-9,11H,1-6H2,(H,15,17). The zero-order valence-corrected chi connectivity index (χ0v) is 11.4. The number of aromatic nitrogens is 1. The zero-order valence-electron chi connectivity index (χ0n) is 9.79. The Labute approximate surface area is 110 Å². The molecule has 1 amide bonds. The molecular weight excluding hydrogens is 280 g/mol. The van der Waals surface area contributed by atoms with E-state index in [1.54, 1.807) is 0 Å². The molecule has 3 rings (SSSR count). The van der Waals surface area contributed by atoms with Gasteiger partial charge < -0.3 is 9.88 Å². The highest BCUT2D eigenvalue weighted by molar-refractivity contribution is 9.10. The third kappa shape index (κ3) is 2.73. The van der Waals surface area contributed by atoms with Crippen LogP contribution in [0.2, 0.25) is 0 Å². The average Bonchev–Trinajstić information content (AvgIpc) is 3.18. The third-order valence-electron chi connectivity index (χ3n) is 3.52. The van der Waals surface area contributed by atoms with Crippen LogP contribution in [0.3, 0.4) is 0 Å². The van der Waals surface area contributed by atoms with Gasteiger partial charge in [0.1, 0.15) is 5.69 Å². The number of nitrogens with one attached hydrogen (secondary N) is 1. The number of carbonyl (C=O) groups is 1. The van der Waals surface area contributed by atoms with E-state index in [0.717, 1.165) is 29.1 Å². The fourth-order valence-corrected chi connectivity index (χ4v) is 2.61. The third-order valence-corrected chi connectivity index (χ3v) is 3.96. The van der Waals surface area contributed by atoms with Crippen molar-refractivity contribution in [3.8, 4) is 0 Å². The van der Waals surface area contributed by atoms with Gasteiger partial charge in [-0.15, -0.1) is 0 Å². The van der Waals surface area contributed by atoms with Crippen molar-refractivity contribution in [1.82, 2.24) is 9.88 Å². The molecule has 0 aliphatic heterocycles. The van der Waals surface area contributed by atoms with Gasteiger partial charge in [-0.3, -0.25) is 4.79 Å². The van der Waals surface area contributed by atoms with Gasteiger partial charge in [0, 0.05) is 23.3 Å². The summed E-state index contributed by atoms with van der Waals surface area (Å²) in [5, 5.41) is 3.03. The monoisotopic (exact) mass is 296 g/mol. The molecule has 4 heteroatoms. The Morgan fingerprint density at radius 2 is 2.18 bits per heavy atom. The maximum atomic E-state index is 12.1. The van der Waals surface area contributed by atoms with Crippen molar-refractivity contribution < 1.29 is 4.79 Å². The van der Waals surface area contributed by atoms with Gasteiger partial charge in [0.2, 0.25) is 0 Å². The van der Waals surface area contributed by atoms with Crippen LogP contribution in [-0.2, 0) is 0 Å². The van der Waals surface area contributed by atoms with Crippen LogP contribution < -0.4 is 5.32 Å². The van der Waals surface area contributed by atoms with Crippen molar-refractivity contribution in [2.45, 2.75) is 38.1 Å². The number of rotatable bonds is 5. The zero-order chi connectivity index (χ0) is 11.8. The first-order valence-electron chi connectivity index (χ1n) is 6.39. The first-order valence-corrected chi connectivity index (χ1v) is 7.19. The summed E-state index contributed by atoms with van der Waals surface area (Å²) in [6.07, 6.45) is 8.25. The molecule has 0 aromatic carbocycles. The van der Waals surface area contributed by atoms with Gasteiger partial charge in [-0.05, 0) is 47.2 Å². The smallest absolute Gasteiger partial charge is 0.267 e. The van der Waals surface area contributed by atoms with Crippen LogP contribution >= 0.6 is 15.9 Å². The van der Waals surface area contributed by atoms with Crippen LogP contribution in [0.15, 0.2) is 16.7 Å². The second-order valence-electron chi connectivity index (χ2n) is 5.17. The van der Waals surface area contributed by atoms with Gasteiger partial charge >= 0.3 is 0 Å². The molecule has 2 aliphatic rings. The predicted octanol–water partition coefficient (Wildman–Crippen LogP) is 3.12. The Morgan fingerprint density at radius 3 is 2.82 bits per heavy atom. The molecule has 3 nitrogen and oxygen atoms in total. The SMILES string of the molecule is O=C(NCCC1CC1)c1cc(Br)cn1C1CC1. The Kier molecular flexibility index (Phi) is 2.99. The van der Waals surface area contributed by atoms with E-state index >= 15 is 0 Å². The molecule has 1 heterocycles. The summed E-state index contributed by atoms with van der Waals surface area (Å²) in [5.41, 5.74) is 0.801. The van der Waals surface area contributed by atoms with Crippen molar-refractivity contribution >= 4 is 21.8 Å². The van der Waals surface area contributed by atoms with E-state index < -0.39 is 0 Å². The molecule has 17 heavy (non-hydrogen) atoms. The summed E-state index contributed by atoms with van der Waals surface area (Å²) in [4.78, 5) is 12.1. The second kappa shape index (κ2) is 4.48. The minimum absolute atomic E-state index is 0.0725. The molecule has 2 fully saturated rings. The quantitative estimate of drug-likeness (QED) is 0.890. The van der Waals surface area contributed by atoms with Gasteiger partial charge in [0.25, 0.3) is 5.91 Å². The minimum atomic E-state index is 0.0725. The second-order valence-corrected chi connectivity index (χ2v) is 6.09. The molecule has 1 aromatic rings. The Morgan fingerprint density at radius 1 is 1.41 bits per heavy atom. The number of hydrogen-bond acceptors (Lipinski definition) is 1. The van der Waals surface area contributed by atoms with Gasteiger partial charge in [0.15, 0.2) is 0 Å². The van der Waals surface area contributed by atoms with Gasteiger partial charge in [-0.1, -0.05) is 12.8 Å². The van der Waals surface area contributed by atoms with Crippen LogP contribution in [0.1, 0.15) is 48.6 Å². The topological polar surface area (TPSA) is 34.0 Å². The van der Waals surface area contributed by atoms with E-state index in [9.17, 15) is 4.79 Å². The molecule has 0 saturated heterocycles. The highest BCUT2D eigenvalue weighted by Gasteiger charge is 2.28. The van der Waals surface area contributed by atoms with E-state index in [1.807, 2.05) is 12.3 Å². The largest absolute Gasteiger partial charge is 0.351 e. The van der Waals surface area contributed by atoms with Crippen LogP contribution in [-0.4, -0.2) is 17.0 Å². The first kappa shape index (κ1) is 11.3. The van der Waals surface area contributed by atoms with Crippen molar-refractivity contribution in [2.75, 3.05) is 6.54 Å². The number of carbonyl (C=O) groups excluding carboxylic acids is 1. The fourth-order valence-electron chi connectivity index (χ4n) is 2.17. The normalized spacial score (nSPS) is 19.4. The summed E-state index contributed by atoms with van der Waals surface area (Å²) < 4.78 is 3.10. The maximum Gasteiger partial charge on any atom is 0.267 e. The van der Waals surface area contributed by atoms with Gasteiger partial charge in [0.05, 0.1) is 0 Å². The van der Waals surface area contributed by atoms with Crippen molar-refractivity contribution in [1.29, 1.82) is 0 Å². The Bertz CT molecular complexity index is 433. The highest BCUT2D eigenvalue weighted by Crippen LogP contribution is 2.37. The fraction of sp³-hybridized carbons (Fsp3) is 0.615. The molecule has 2 saturated carbocycles. The van der Waals surface area contributed by atoms with Crippen molar-refractivity contribution in [2.24, 2.45) is 5.92 Å². The summed E-state index contributed by atoms with van der Waals surface area (Å²) in [7, 11) is 0. The maximum absolute atomic E-state index is 12.1. The molecule has 2 aliphatic carbocycles. The lowest BCUT2D eigenvalue weighted by Crippen LogP contribution is -2.26. The molecule has 0 unspecified atom stereocenters. The minimum Gasteiger partial charge on any atom is -0.351 e. The molecule has 0 bridgehead atoms. The van der Waals surface area contributed by atoms with Crippen LogP contribution in [0.25, 0.3) is 0 Å². The van der Waals surface area contributed by atoms with E-state index in [1.165, 1.54) is 25.7 Å². The van der Waals surface area contributed by atoms with Crippen LogP contribution in [0, 0.1) is 5.92 Å². The molecular formula is C13H17BrN2O. The molecule has 1 aromatic heterocycles. The van der Waals surface area contributed by atoms with Gasteiger partial charge in [-0.2, -0.15) is 0 Å². The van der Waals surface area contributed by atoms with Gasteiger partial charge in [-0.25, -0.2) is 0 Å². The lowest BCUT2D eigenvalue weighted by molar-refractivity contribution is 0.0943. The number of nitrogens with zero attached hydrogens (tertiary/aromatic N) is 1. The van der Waals surface area contributed by atoms with Crippen LogP contribution in [0.5, 0.6) is 0 Å². The summed E-state index contributed by atoms with van der Waals surface area (Å²) in [5.74, 6) is 0.945. The predicted molar refractivity (Wildman–Crippen MR) is 70.1 cm³/mol. The Hall–Kier alpha value is -0.770. The number of halogens is 1. The molecule has 0 spiro atoms. The lowest BCUT2D eigenvalue weighted by Gasteiger charge is -2.08. The van der Waals surface area contributed by atoms with Crippen LogP contribution in [0.4, 0.5) is 0 Å². The van der Waals surface area contributed by atoms with E-state index in [0.29, 0.717) is 6.04 Å². The first-order chi connectivity index (χ1) is 8.24. The van der Waals surface area contributed by atoms with Crippen molar-refractivity contribution in [3.63, 3.8) is 0 Å². The average molecular weight is 297 g/mol. The molecule has 0 atom stereocenters. The number of hydrogen-bond donors (Lipinski definition) is 1. The van der Waals surface area contributed by atoms with E-state index in [-0.39, 0.29) is 5.91 Å².